The molecule has 2 amide bonds. The highest BCUT2D eigenvalue weighted by Gasteiger charge is 2.24. The van der Waals surface area contributed by atoms with Crippen molar-refractivity contribution in [3.8, 4) is 22.3 Å². The molecule has 0 spiro atoms. The van der Waals surface area contributed by atoms with Crippen LogP contribution in [0, 0.1) is 13.8 Å². The summed E-state index contributed by atoms with van der Waals surface area (Å²) in [5.74, 6) is -2.70. The van der Waals surface area contributed by atoms with Gasteiger partial charge in [0.05, 0.1) is 9.75 Å². The SMILES string of the molecule is Cc1ccc(-c2csc(NC(=O)c3cccs3)c2C(=O)O)cc1.Cc1ccsc1C(=O)Nc1scc(-c2ccccc2Br)c1C(=O)O. The topological polar surface area (TPSA) is 133 Å². The first-order valence-corrected chi connectivity index (χ1v) is 18.1. The number of thiophene rings is 4. The molecule has 6 aromatic rings. The number of carboxylic acids is 2. The summed E-state index contributed by atoms with van der Waals surface area (Å²) in [6, 6.07) is 20.4. The van der Waals surface area contributed by atoms with Crippen LogP contribution in [0.5, 0.6) is 0 Å². The second kappa shape index (κ2) is 15.0. The normalized spacial score (nSPS) is 10.5. The van der Waals surface area contributed by atoms with Gasteiger partial charge < -0.3 is 20.8 Å². The maximum Gasteiger partial charge on any atom is 0.339 e. The van der Waals surface area contributed by atoms with Crippen molar-refractivity contribution in [3.05, 3.63) is 125 Å². The first-order chi connectivity index (χ1) is 22.5. The molecule has 0 saturated heterocycles. The van der Waals surface area contributed by atoms with Crippen molar-refractivity contribution in [2.24, 2.45) is 0 Å². The van der Waals surface area contributed by atoms with Gasteiger partial charge in [-0.15, -0.1) is 45.3 Å². The molecular formula is C34H25BrN2O6S4. The first kappa shape index (κ1) is 33.9. The molecule has 0 bridgehead atoms. The summed E-state index contributed by atoms with van der Waals surface area (Å²) in [7, 11) is 0. The summed E-state index contributed by atoms with van der Waals surface area (Å²) in [5.41, 5.74) is 5.00. The Labute approximate surface area is 294 Å². The van der Waals surface area contributed by atoms with Crippen molar-refractivity contribution >= 4 is 95.0 Å². The Morgan fingerprint density at radius 2 is 1.26 bits per heavy atom. The van der Waals surface area contributed by atoms with E-state index >= 15 is 0 Å². The number of rotatable bonds is 8. The second-order valence-electron chi connectivity index (χ2n) is 9.98. The lowest BCUT2D eigenvalue weighted by molar-refractivity contribution is 0.0688. The third-order valence-electron chi connectivity index (χ3n) is 6.80. The van der Waals surface area contributed by atoms with Crippen LogP contribution in [0.4, 0.5) is 10.0 Å². The van der Waals surface area contributed by atoms with Crippen LogP contribution in [-0.4, -0.2) is 34.0 Å². The molecular weight excluding hydrogens is 741 g/mol. The number of nitrogens with one attached hydrogen (secondary N) is 2. The van der Waals surface area contributed by atoms with E-state index in [9.17, 15) is 29.4 Å². The van der Waals surface area contributed by atoms with E-state index in [4.69, 9.17) is 0 Å². The molecule has 0 radical (unpaired) electrons. The third kappa shape index (κ3) is 7.77. The smallest absolute Gasteiger partial charge is 0.339 e. The van der Waals surface area contributed by atoms with Gasteiger partial charge in [0.1, 0.15) is 21.1 Å². The number of aromatic carboxylic acids is 2. The van der Waals surface area contributed by atoms with Crippen molar-refractivity contribution < 1.29 is 29.4 Å². The molecule has 2 aromatic carbocycles. The molecule has 6 rings (SSSR count). The monoisotopic (exact) mass is 764 g/mol. The minimum Gasteiger partial charge on any atom is -0.478 e. The van der Waals surface area contributed by atoms with Crippen LogP contribution in [-0.2, 0) is 0 Å². The van der Waals surface area contributed by atoms with E-state index in [1.165, 1.54) is 45.3 Å². The zero-order valence-corrected chi connectivity index (χ0v) is 29.6. The summed E-state index contributed by atoms with van der Waals surface area (Å²) in [6.45, 7) is 3.83. The number of amides is 2. The highest BCUT2D eigenvalue weighted by Crippen LogP contribution is 2.39. The molecule has 0 aliphatic carbocycles. The van der Waals surface area contributed by atoms with E-state index in [2.05, 4.69) is 26.6 Å². The number of halogens is 1. The zero-order valence-electron chi connectivity index (χ0n) is 24.7. The first-order valence-electron chi connectivity index (χ1n) is 13.8. The predicted molar refractivity (Wildman–Crippen MR) is 195 cm³/mol. The van der Waals surface area contributed by atoms with Gasteiger partial charge in [0.25, 0.3) is 11.8 Å². The minimum atomic E-state index is -1.07. The molecule has 238 valence electrons. The van der Waals surface area contributed by atoms with Crippen molar-refractivity contribution in [1.29, 1.82) is 0 Å². The van der Waals surface area contributed by atoms with E-state index in [-0.39, 0.29) is 22.9 Å². The van der Waals surface area contributed by atoms with Gasteiger partial charge in [-0.3, -0.25) is 9.59 Å². The Morgan fingerprint density at radius 3 is 1.83 bits per heavy atom. The summed E-state index contributed by atoms with van der Waals surface area (Å²) in [5, 5.41) is 32.5. The number of hydrogen-bond acceptors (Lipinski definition) is 8. The van der Waals surface area contributed by atoms with E-state index in [0.29, 0.717) is 30.9 Å². The molecule has 4 N–H and O–H groups in total. The summed E-state index contributed by atoms with van der Waals surface area (Å²) < 4.78 is 0.803. The summed E-state index contributed by atoms with van der Waals surface area (Å²) in [4.78, 5) is 49.1. The Kier molecular flexibility index (Phi) is 10.8. The van der Waals surface area contributed by atoms with Gasteiger partial charge in [0, 0.05) is 26.4 Å². The fourth-order valence-electron chi connectivity index (χ4n) is 4.49. The number of aryl methyl sites for hydroxylation is 2. The largest absolute Gasteiger partial charge is 0.478 e. The Bertz CT molecular complexity index is 2080. The highest BCUT2D eigenvalue weighted by molar-refractivity contribution is 9.10. The zero-order chi connectivity index (χ0) is 33.7. The van der Waals surface area contributed by atoms with E-state index in [1.807, 2.05) is 73.8 Å². The molecule has 0 atom stereocenters. The summed E-state index contributed by atoms with van der Waals surface area (Å²) >= 11 is 8.52. The lowest BCUT2D eigenvalue weighted by atomic mass is 10.0. The fourth-order valence-corrected chi connectivity index (χ4v) is 8.33. The molecule has 0 unspecified atom stereocenters. The van der Waals surface area contributed by atoms with Crippen molar-refractivity contribution in [2.75, 3.05) is 10.6 Å². The van der Waals surface area contributed by atoms with Crippen molar-refractivity contribution in [2.45, 2.75) is 13.8 Å². The highest BCUT2D eigenvalue weighted by atomic mass is 79.9. The van der Waals surface area contributed by atoms with Gasteiger partial charge in [-0.25, -0.2) is 9.59 Å². The van der Waals surface area contributed by atoms with Crippen LogP contribution in [0.2, 0.25) is 0 Å². The van der Waals surface area contributed by atoms with Crippen molar-refractivity contribution in [3.63, 3.8) is 0 Å². The van der Waals surface area contributed by atoms with Crippen LogP contribution in [0.15, 0.2) is 92.7 Å². The number of benzene rings is 2. The predicted octanol–water partition coefficient (Wildman–Crippen LogP) is 10.2. The van der Waals surface area contributed by atoms with Gasteiger partial charge in [-0.1, -0.05) is 70.0 Å². The van der Waals surface area contributed by atoms with Crippen LogP contribution < -0.4 is 10.6 Å². The standard InChI is InChI=1S/C17H12BrNO3S2.C17H13NO3S2/c1-9-6-7-23-14(9)15(20)19-16-13(17(21)22)11(8-24-16)10-4-2-3-5-12(10)18;1-10-4-6-11(7-5-10)12-9-23-16(14(12)17(20)21)18-15(19)13-3-2-8-22-13/h2-8H,1H3,(H,19,20)(H,21,22);2-9H,1H3,(H,18,19)(H,20,21). The molecule has 0 fully saturated rings. The summed E-state index contributed by atoms with van der Waals surface area (Å²) in [6.07, 6.45) is 0. The molecule has 0 saturated carbocycles. The Balaban J connectivity index is 0.000000185. The number of anilines is 2. The van der Waals surface area contributed by atoms with Crippen LogP contribution in [0.1, 0.15) is 51.2 Å². The molecule has 8 nitrogen and oxygen atoms in total. The maximum absolute atomic E-state index is 12.4. The number of carbonyl (C=O) groups is 4. The van der Waals surface area contributed by atoms with Crippen LogP contribution in [0.3, 0.4) is 0 Å². The van der Waals surface area contributed by atoms with Crippen LogP contribution >= 0.6 is 61.3 Å². The third-order valence-corrected chi connectivity index (χ3v) is 11.2. The quantitative estimate of drug-likeness (QED) is 0.122. The number of carbonyl (C=O) groups excluding carboxylic acids is 2. The lowest BCUT2D eigenvalue weighted by Crippen LogP contribution is -2.13. The average molecular weight is 766 g/mol. The molecule has 47 heavy (non-hydrogen) atoms. The number of carboxylic acid groups (broad SMARTS) is 2. The van der Waals surface area contributed by atoms with Gasteiger partial charge in [0.15, 0.2) is 0 Å². The van der Waals surface area contributed by atoms with E-state index < -0.39 is 11.9 Å². The van der Waals surface area contributed by atoms with Crippen molar-refractivity contribution in [1.82, 2.24) is 0 Å². The fraction of sp³-hybridized carbons (Fsp3) is 0.0588. The molecule has 0 aliphatic rings. The molecule has 4 heterocycles. The molecule has 0 aliphatic heterocycles. The van der Waals surface area contributed by atoms with Gasteiger partial charge in [-0.2, -0.15) is 0 Å². The molecule has 4 aromatic heterocycles. The second-order valence-corrected chi connectivity index (χ2v) is 14.5. The van der Waals surface area contributed by atoms with Gasteiger partial charge >= 0.3 is 11.9 Å². The lowest BCUT2D eigenvalue weighted by Gasteiger charge is -2.07. The Morgan fingerprint density at radius 1 is 0.638 bits per heavy atom. The van der Waals surface area contributed by atoms with Gasteiger partial charge in [-0.05, 0) is 59.5 Å². The average Bonchev–Trinajstić information content (AvgIpc) is 3.85. The minimum absolute atomic E-state index is 0.106. The van der Waals surface area contributed by atoms with Crippen LogP contribution in [0.25, 0.3) is 22.3 Å². The van der Waals surface area contributed by atoms with E-state index in [0.717, 1.165) is 26.7 Å². The number of hydrogen-bond donors (Lipinski definition) is 4. The molecule has 13 heteroatoms. The maximum atomic E-state index is 12.4. The van der Waals surface area contributed by atoms with E-state index in [1.54, 1.807) is 28.3 Å². The van der Waals surface area contributed by atoms with Gasteiger partial charge in [0.2, 0.25) is 0 Å². The Hall–Kier alpha value is -4.40.